The molecule has 1 aromatic heterocycles. The monoisotopic (exact) mass is 454 g/mol. The zero-order valence-corrected chi connectivity index (χ0v) is 19.8. The normalized spacial score (nSPS) is 15.8. The highest BCUT2D eigenvalue weighted by molar-refractivity contribution is 7.89. The van der Waals surface area contributed by atoms with Crippen LogP contribution in [0.3, 0.4) is 0 Å². The Morgan fingerprint density at radius 3 is 2.69 bits per heavy atom. The summed E-state index contributed by atoms with van der Waals surface area (Å²) in [5.41, 5.74) is 4.31. The molecule has 1 amide bonds. The Morgan fingerprint density at radius 1 is 1.34 bits per heavy atom. The van der Waals surface area contributed by atoms with Crippen molar-refractivity contribution in [2.45, 2.75) is 39.5 Å². The van der Waals surface area contributed by atoms with Crippen molar-refractivity contribution in [2.75, 3.05) is 25.2 Å². The number of hydrogen-bond acceptors (Lipinski definition) is 4. The first-order chi connectivity index (χ1) is 15.0. The Kier molecular flexibility index (Phi) is 6.91. The molecular weight excluding hydrogens is 424 g/mol. The predicted molar refractivity (Wildman–Crippen MR) is 128 cm³/mol. The average Bonchev–Trinajstić information content (AvgIpc) is 3.22. The molecule has 0 saturated heterocycles. The average molecular weight is 455 g/mol. The van der Waals surface area contributed by atoms with Gasteiger partial charge in [-0.25, -0.2) is 17.7 Å². The quantitative estimate of drug-likeness (QED) is 0.624. The largest absolute Gasteiger partial charge is 0.327 e. The molecule has 3 rings (SSSR count). The molecule has 2 N–H and O–H groups in total. The molecule has 0 unspecified atom stereocenters. The van der Waals surface area contributed by atoms with Gasteiger partial charge in [-0.2, -0.15) is 0 Å². The molecule has 170 valence electrons. The molecule has 1 aromatic carbocycles. The van der Waals surface area contributed by atoms with Crippen LogP contribution >= 0.6 is 0 Å². The lowest BCUT2D eigenvalue weighted by Gasteiger charge is -2.29. The number of imidazole rings is 1. The Labute approximate surface area is 190 Å². The smallest absolute Gasteiger partial charge is 0.291 e. The van der Waals surface area contributed by atoms with E-state index >= 15 is 0 Å². The van der Waals surface area contributed by atoms with Gasteiger partial charge in [0.05, 0.1) is 11.9 Å². The lowest BCUT2D eigenvalue weighted by molar-refractivity contribution is 0.101. The molecule has 0 spiro atoms. The van der Waals surface area contributed by atoms with Crippen molar-refractivity contribution in [1.29, 1.82) is 0 Å². The van der Waals surface area contributed by atoms with Crippen LogP contribution in [-0.4, -0.2) is 48.4 Å². The second kappa shape index (κ2) is 9.31. The molecule has 1 heterocycles. The minimum absolute atomic E-state index is 0.0263. The van der Waals surface area contributed by atoms with E-state index in [1.54, 1.807) is 0 Å². The summed E-state index contributed by atoms with van der Waals surface area (Å²) in [5, 5.41) is 2.93. The van der Waals surface area contributed by atoms with E-state index in [2.05, 4.69) is 41.1 Å². The first-order valence-corrected chi connectivity index (χ1v) is 12.2. The Morgan fingerprint density at radius 2 is 2.09 bits per heavy atom. The van der Waals surface area contributed by atoms with Crippen LogP contribution in [0.5, 0.6) is 0 Å². The molecule has 0 bridgehead atoms. The fourth-order valence-electron chi connectivity index (χ4n) is 3.56. The fraction of sp³-hybridized carbons (Fsp3) is 0.417. The third-order valence-electron chi connectivity index (χ3n) is 5.80. The van der Waals surface area contributed by atoms with Crippen molar-refractivity contribution in [3.63, 3.8) is 0 Å². The lowest BCUT2D eigenvalue weighted by atomic mass is 9.76. The number of carbonyl (C=O) groups is 1. The molecule has 32 heavy (non-hydrogen) atoms. The SMILES string of the molecule is C#Cc1cnc(C(=O)Nc2ccc(CCS(=O)(=O)N(C)C)cc2C2=CCC(C)(C)CC2)[nH]1. The van der Waals surface area contributed by atoms with Crippen molar-refractivity contribution in [1.82, 2.24) is 14.3 Å². The van der Waals surface area contributed by atoms with Crippen LogP contribution in [0.25, 0.3) is 5.57 Å². The van der Waals surface area contributed by atoms with E-state index in [1.807, 2.05) is 18.2 Å². The maximum absolute atomic E-state index is 12.7. The van der Waals surface area contributed by atoms with Gasteiger partial charge in [0.1, 0.15) is 5.69 Å². The Balaban J connectivity index is 1.91. The molecule has 0 aliphatic heterocycles. The second-order valence-electron chi connectivity index (χ2n) is 9.07. The fourth-order valence-corrected chi connectivity index (χ4v) is 4.42. The number of aromatic amines is 1. The van der Waals surface area contributed by atoms with Crippen molar-refractivity contribution in [3.8, 4) is 12.3 Å². The Hall–Kier alpha value is -2.89. The van der Waals surface area contributed by atoms with Gasteiger partial charge in [0, 0.05) is 25.3 Å². The lowest BCUT2D eigenvalue weighted by Crippen LogP contribution is -2.26. The van der Waals surface area contributed by atoms with E-state index in [0.717, 1.165) is 36.0 Å². The summed E-state index contributed by atoms with van der Waals surface area (Å²) in [6.07, 6.45) is 12.3. The molecular formula is C24H30N4O3S. The van der Waals surface area contributed by atoms with Crippen molar-refractivity contribution in [2.24, 2.45) is 5.41 Å². The minimum atomic E-state index is -3.29. The van der Waals surface area contributed by atoms with Crippen LogP contribution in [0.1, 0.15) is 60.5 Å². The minimum Gasteiger partial charge on any atom is -0.327 e. The molecule has 0 fully saturated rings. The number of aromatic nitrogens is 2. The van der Waals surface area contributed by atoms with E-state index in [9.17, 15) is 13.2 Å². The summed E-state index contributed by atoms with van der Waals surface area (Å²) < 4.78 is 25.6. The number of amides is 1. The van der Waals surface area contributed by atoms with Crippen molar-refractivity contribution in [3.05, 3.63) is 53.1 Å². The van der Waals surface area contributed by atoms with Crippen LogP contribution in [0.15, 0.2) is 30.5 Å². The number of hydrogen-bond donors (Lipinski definition) is 2. The molecule has 0 radical (unpaired) electrons. The molecule has 0 atom stereocenters. The van der Waals surface area contributed by atoms with Gasteiger partial charge in [0.25, 0.3) is 5.91 Å². The number of carbonyl (C=O) groups excluding carboxylic acids is 1. The number of H-pyrrole nitrogens is 1. The number of sulfonamides is 1. The summed E-state index contributed by atoms with van der Waals surface area (Å²) in [4.78, 5) is 19.6. The number of anilines is 1. The first kappa shape index (κ1) is 23.8. The topological polar surface area (TPSA) is 95.2 Å². The molecule has 8 heteroatoms. The molecule has 1 aliphatic carbocycles. The summed E-state index contributed by atoms with van der Waals surface area (Å²) >= 11 is 0. The molecule has 0 saturated carbocycles. The zero-order chi connectivity index (χ0) is 23.5. The van der Waals surface area contributed by atoms with Gasteiger partial charge in [0.2, 0.25) is 10.0 Å². The highest BCUT2D eigenvalue weighted by Gasteiger charge is 2.24. The van der Waals surface area contributed by atoms with Gasteiger partial charge in [-0.15, -0.1) is 6.42 Å². The van der Waals surface area contributed by atoms with Crippen LogP contribution in [0, 0.1) is 17.8 Å². The van der Waals surface area contributed by atoms with Gasteiger partial charge < -0.3 is 10.3 Å². The number of allylic oxidation sites excluding steroid dienone is 2. The van der Waals surface area contributed by atoms with Crippen LogP contribution in [0.2, 0.25) is 0 Å². The van der Waals surface area contributed by atoms with E-state index < -0.39 is 10.0 Å². The van der Waals surface area contributed by atoms with Gasteiger partial charge in [-0.05, 0) is 54.4 Å². The highest BCUT2D eigenvalue weighted by Crippen LogP contribution is 2.40. The van der Waals surface area contributed by atoms with E-state index in [0.29, 0.717) is 17.8 Å². The van der Waals surface area contributed by atoms with Gasteiger partial charge in [-0.1, -0.05) is 31.9 Å². The number of benzene rings is 1. The van der Waals surface area contributed by atoms with Gasteiger partial charge in [-0.3, -0.25) is 4.79 Å². The van der Waals surface area contributed by atoms with Gasteiger partial charge >= 0.3 is 0 Å². The summed E-state index contributed by atoms with van der Waals surface area (Å²) in [6.45, 7) is 4.48. The second-order valence-corrected chi connectivity index (χ2v) is 11.4. The third-order valence-corrected chi connectivity index (χ3v) is 7.63. The number of nitrogens with one attached hydrogen (secondary N) is 2. The maximum atomic E-state index is 12.7. The zero-order valence-electron chi connectivity index (χ0n) is 19.0. The van der Waals surface area contributed by atoms with Crippen molar-refractivity contribution < 1.29 is 13.2 Å². The third kappa shape index (κ3) is 5.67. The van der Waals surface area contributed by atoms with Crippen LogP contribution in [-0.2, 0) is 16.4 Å². The summed E-state index contributed by atoms with van der Waals surface area (Å²) in [6, 6.07) is 5.67. The van der Waals surface area contributed by atoms with Crippen molar-refractivity contribution >= 4 is 27.2 Å². The molecule has 7 nitrogen and oxygen atoms in total. The number of nitrogens with zero attached hydrogens (tertiary/aromatic N) is 2. The number of terminal acetylenes is 1. The van der Waals surface area contributed by atoms with Gasteiger partial charge in [0.15, 0.2) is 5.82 Å². The standard InChI is InChI=1S/C24H30N4O3S/c1-6-19-16-25-22(26-19)23(29)27-21-8-7-17(11-14-32(30,31)28(4)5)15-20(21)18-9-12-24(2,3)13-10-18/h1,7-9,15-16H,10-14H2,2-5H3,(H,25,26)(H,27,29). The van der Waals surface area contributed by atoms with E-state index in [-0.39, 0.29) is 22.9 Å². The molecule has 1 aliphatic rings. The van der Waals surface area contributed by atoms with E-state index in [1.165, 1.54) is 24.6 Å². The number of rotatable bonds is 7. The summed E-state index contributed by atoms with van der Waals surface area (Å²) in [7, 11) is -0.223. The summed E-state index contributed by atoms with van der Waals surface area (Å²) in [5.74, 6) is 2.21. The van der Waals surface area contributed by atoms with Crippen LogP contribution < -0.4 is 5.32 Å². The van der Waals surface area contributed by atoms with E-state index in [4.69, 9.17) is 6.42 Å². The van der Waals surface area contributed by atoms with Crippen LogP contribution in [0.4, 0.5) is 5.69 Å². The molecule has 2 aromatic rings. The first-order valence-electron chi connectivity index (χ1n) is 10.6. The Bertz CT molecular complexity index is 1180. The highest BCUT2D eigenvalue weighted by atomic mass is 32.2. The number of aryl methyl sites for hydroxylation is 1. The maximum Gasteiger partial charge on any atom is 0.291 e. The predicted octanol–water partition coefficient (Wildman–Crippen LogP) is 3.67.